The second kappa shape index (κ2) is 6.73. The molecule has 6 nitrogen and oxygen atoms in total. The number of nitrogens with zero attached hydrogens (tertiary/aromatic N) is 3. The van der Waals surface area contributed by atoms with E-state index in [1.807, 2.05) is 44.6 Å². The molecule has 0 saturated carbocycles. The van der Waals surface area contributed by atoms with Gasteiger partial charge >= 0.3 is 0 Å². The normalized spacial score (nSPS) is 21.7. The van der Waals surface area contributed by atoms with E-state index in [-0.39, 0.29) is 24.0 Å². The number of hydrogen-bond acceptors (Lipinski definition) is 4. The molecule has 0 aromatic carbocycles. The van der Waals surface area contributed by atoms with E-state index in [4.69, 9.17) is 4.74 Å². The van der Waals surface area contributed by atoms with Gasteiger partial charge in [-0.15, -0.1) is 0 Å². The summed E-state index contributed by atoms with van der Waals surface area (Å²) >= 11 is 0. The van der Waals surface area contributed by atoms with E-state index in [1.165, 1.54) is 0 Å². The van der Waals surface area contributed by atoms with Crippen molar-refractivity contribution in [3.63, 3.8) is 0 Å². The molecule has 3 heterocycles. The van der Waals surface area contributed by atoms with Crippen LogP contribution < -0.4 is 5.32 Å². The number of nitrogens with one attached hydrogen (secondary N) is 1. The standard InChI is InChI=1S/C18H24N4O2/c1-11(14-6-5-8-19-10-14)20-18(23)15-7-9-24-17(15)16-12(2)21-22(4)13(16)3/h5-6,8,10-11,15,17H,7,9H2,1-4H3,(H,20,23)/t11-,15-,17-/m0/s1. The smallest absolute Gasteiger partial charge is 0.226 e. The van der Waals surface area contributed by atoms with Crippen LogP contribution in [0.5, 0.6) is 0 Å². The molecule has 1 amide bonds. The Morgan fingerprint density at radius 1 is 1.46 bits per heavy atom. The topological polar surface area (TPSA) is 69.0 Å². The predicted molar refractivity (Wildman–Crippen MR) is 90.3 cm³/mol. The van der Waals surface area contributed by atoms with Gasteiger partial charge in [0.1, 0.15) is 0 Å². The lowest BCUT2D eigenvalue weighted by Gasteiger charge is -2.21. The molecule has 1 fully saturated rings. The van der Waals surface area contributed by atoms with Crippen molar-refractivity contribution >= 4 is 5.91 Å². The minimum atomic E-state index is -0.222. The molecule has 2 aromatic rings. The lowest BCUT2D eigenvalue weighted by Crippen LogP contribution is -2.34. The van der Waals surface area contributed by atoms with Gasteiger partial charge in [0.2, 0.25) is 5.91 Å². The molecule has 3 rings (SSSR count). The Labute approximate surface area is 142 Å². The van der Waals surface area contributed by atoms with Crippen LogP contribution in [0.1, 0.15) is 48.0 Å². The summed E-state index contributed by atoms with van der Waals surface area (Å²) in [5.74, 6) is -0.165. The van der Waals surface area contributed by atoms with Crippen LogP contribution in [0.2, 0.25) is 0 Å². The largest absolute Gasteiger partial charge is 0.373 e. The fraction of sp³-hybridized carbons (Fsp3) is 0.500. The first-order valence-electron chi connectivity index (χ1n) is 8.31. The molecular weight excluding hydrogens is 304 g/mol. The highest BCUT2D eigenvalue weighted by Crippen LogP contribution is 2.38. The molecule has 1 N–H and O–H groups in total. The highest BCUT2D eigenvalue weighted by Gasteiger charge is 2.38. The van der Waals surface area contributed by atoms with Gasteiger partial charge in [0, 0.05) is 37.3 Å². The number of pyridine rings is 1. The Morgan fingerprint density at radius 3 is 2.88 bits per heavy atom. The van der Waals surface area contributed by atoms with Gasteiger partial charge in [0.25, 0.3) is 0 Å². The number of rotatable bonds is 4. The van der Waals surface area contributed by atoms with Crippen LogP contribution in [0.15, 0.2) is 24.5 Å². The third kappa shape index (κ3) is 3.06. The molecular formula is C18H24N4O2. The van der Waals surface area contributed by atoms with Gasteiger partial charge in [-0.1, -0.05) is 6.07 Å². The van der Waals surface area contributed by atoms with Crippen LogP contribution in [-0.4, -0.2) is 27.3 Å². The second-order valence-electron chi connectivity index (χ2n) is 6.41. The molecule has 0 radical (unpaired) electrons. The molecule has 128 valence electrons. The monoisotopic (exact) mass is 328 g/mol. The van der Waals surface area contributed by atoms with E-state index in [9.17, 15) is 4.79 Å². The van der Waals surface area contributed by atoms with E-state index in [0.29, 0.717) is 6.61 Å². The molecule has 0 unspecified atom stereocenters. The minimum Gasteiger partial charge on any atom is -0.373 e. The van der Waals surface area contributed by atoms with Gasteiger partial charge in [-0.3, -0.25) is 14.5 Å². The number of hydrogen-bond donors (Lipinski definition) is 1. The molecule has 2 aromatic heterocycles. The summed E-state index contributed by atoms with van der Waals surface area (Å²) < 4.78 is 7.76. The summed E-state index contributed by atoms with van der Waals surface area (Å²) in [4.78, 5) is 16.9. The SMILES string of the molecule is Cc1nn(C)c(C)c1[C@H]1OCC[C@@H]1C(=O)N[C@@H](C)c1cccnc1. The Hall–Kier alpha value is -2.21. The van der Waals surface area contributed by atoms with Gasteiger partial charge in [0.15, 0.2) is 0 Å². The molecule has 6 heteroatoms. The number of carbonyl (C=O) groups excluding carboxylic acids is 1. The molecule has 0 bridgehead atoms. The van der Waals surface area contributed by atoms with Crippen LogP contribution >= 0.6 is 0 Å². The first-order valence-corrected chi connectivity index (χ1v) is 8.31. The molecule has 3 atom stereocenters. The number of carbonyl (C=O) groups is 1. The molecule has 1 saturated heterocycles. The summed E-state index contributed by atoms with van der Waals surface area (Å²) in [5, 5.41) is 7.55. The highest BCUT2D eigenvalue weighted by molar-refractivity contribution is 5.80. The van der Waals surface area contributed by atoms with E-state index < -0.39 is 0 Å². The Bertz CT molecular complexity index is 726. The van der Waals surface area contributed by atoms with Gasteiger partial charge in [0.05, 0.1) is 23.8 Å². The maximum absolute atomic E-state index is 12.8. The summed E-state index contributed by atoms with van der Waals surface area (Å²) in [6.07, 6.45) is 4.01. The van der Waals surface area contributed by atoms with Crippen molar-refractivity contribution in [2.45, 2.75) is 39.3 Å². The summed E-state index contributed by atoms with van der Waals surface area (Å²) in [7, 11) is 1.92. The van der Waals surface area contributed by atoms with Crippen LogP contribution in [-0.2, 0) is 16.6 Å². The first-order chi connectivity index (χ1) is 11.5. The van der Waals surface area contributed by atoms with Crippen molar-refractivity contribution in [1.82, 2.24) is 20.1 Å². The van der Waals surface area contributed by atoms with Crippen LogP contribution in [0, 0.1) is 19.8 Å². The lowest BCUT2D eigenvalue weighted by atomic mass is 9.92. The van der Waals surface area contributed by atoms with Gasteiger partial charge in [-0.25, -0.2) is 0 Å². The molecule has 24 heavy (non-hydrogen) atoms. The third-order valence-corrected chi connectivity index (χ3v) is 4.82. The summed E-state index contributed by atoms with van der Waals surface area (Å²) in [5.41, 5.74) is 4.02. The predicted octanol–water partition coefficient (Wildman–Crippen LogP) is 2.39. The number of aromatic nitrogens is 3. The molecule has 0 spiro atoms. The zero-order chi connectivity index (χ0) is 17.3. The molecule has 1 aliphatic rings. The number of ether oxygens (including phenoxy) is 1. The Morgan fingerprint density at radius 2 is 2.25 bits per heavy atom. The quantitative estimate of drug-likeness (QED) is 0.935. The number of amides is 1. The fourth-order valence-electron chi connectivity index (χ4n) is 3.38. The summed E-state index contributed by atoms with van der Waals surface area (Å²) in [6.45, 7) is 6.56. The summed E-state index contributed by atoms with van der Waals surface area (Å²) in [6, 6.07) is 3.77. The van der Waals surface area contributed by atoms with E-state index >= 15 is 0 Å². The van der Waals surface area contributed by atoms with Crippen LogP contribution in [0.25, 0.3) is 0 Å². The fourth-order valence-corrected chi connectivity index (χ4v) is 3.38. The maximum atomic E-state index is 12.8. The van der Waals surface area contributed by atoms with Gasteiger partial charge in [-0.05, 0) is 38.8 Å². The van der Waals surface area contributed by atoms with Gasteiger partial charge in [-0.2, -0.15) is 5.10 Å². The Kier molecular flexibility index (Phi) is 4.66. The average molecular weight is 328 g/mol. The first kappa shape index (κ1) is 16.6. The maximum Gasteiger partial charge on any atom is 0.226 e. The molecule has 0 aliphatic carbocycles. The van der Waals surface area contributed by atoms with Crippen molar-refractivity contribution in [3.05, 3.63) is 47.0 Å². The highest BCUT2D eigenvalue weighted by atomic mass is 16.5. The average Bonchev–Trinajstić information content (AvgIpc) is 3.13. The van der Waals surface area contributed by atoms with Crippen molar-refractivity contribution in [2.75, 3.05) is 6.61 Å². The van der Waals surface area contributed by atoms with Gasteiger partial charge < -0.3 is 10.1 Å². The van der Waals surface area contributed by atoms with E-state index in [1.54, 1.807) is 12.4 Å². The van der Waals surface area contributed by atoms with Crippen molar-refractivity contribution < 1.29 is 9.53 Å². The van der Waals surface area contributed by atoms with E-state index in [2.05, 4.69) is 15.4 Å². The third-order valence-electron chi connectivity index (χ3n) is 4.82. The zero-order valence-electron chi connectivity index (χ0n) is 14.6. The van der Waals surface area contributed by atoms with Crippen LogP contribution in [0.4, 0.5) is 0 Å². The Balaban J connectivity index is 1.77. The van der Waals surface area contributed by atoms with Crippen molar-refractivity contribution in [2.24, 2.45) is 13.0 Å². The van der Waals surface area contributed by atoms with Crippen LogP contribution in [0.3, 0.4) is 0 Å². The molecule has 1 aliphatic heterocycles. The van der Waals surface area contributed by atoms with E-state index in [0.717, 1.165) is 28.9 Å². The minimum absolute atomic E-state index is 0.0245. The lowest BCUT2D eigenvalue weighted by molar-refractivity contribution is -0.127. The number of aryl methyl sites for hydroxylation is 2. The van der Waals surface area contributed by atoms with Crippen molar-refractivity contribution in [3.8, 4) is 0 Å². The zero-order valence-corrected chi connectivity index (χ0v) is 14.6. The second-order valence-corrected chi connectivity index (χ2v) is 6.41. The van der Waals surface area contributed by atoms with Crippen molar-refractivity contribution in [1.29, 1.82) is 0 Å².